The summed E-state index contributed by atoms with van der Waals surface area (Å²) < 4.78 is 0. The quantitative estimate of drug-likeness (QED) is 0.386. The molecule has 0 amide bonds. The molecule has 0 radical (unpaired) electrons. The van der Waals surface area contributed by atoms with E-state index in [2.05, 4.69) is 86.6 Å². The van der Waals surface area contributed by atoms with Gasteiger partial charge in [0.15, 0.2) is 0 Å². The molecule has 0 fully saturated rings. The molecular formula is C23H20. The first kappa shape index (κ1) is 14.0. The first-order chi connectivity index (χ1) is 11.2. The van der Waals surface area contributed by atoms with E-state index in [0.717, 1.165) is 6.42 Å². The molecule has 0 nitrogen and oxygen atoms in total. The Morgan fingerprint density at radius 1 is 0.652 bits per heavy atom. The van der Waals surface area contributed by atoms with E-state index in [4.69, 9.17) is 0 Å². The number of hydrogen-bond acceptors (Lipinski definition) is 0. The molecule has 0 saturated carbocycles. The van der Waals surface area contributed by atoms with E-state index in [-0.39, 0.29) is 0 Å². The fourth-order valence-corrected chi connectivity index (χ4v) is 3.45. The Kier molecular flexibility index (Phi) is 3.38. The van der Waals surface area contributed by atoms with Crippen molar-refractivity contribution >= 4 is 21.5 Å². The molecule has 0 aliphatic carbocycles. The van der Waals surface area contributed by atoms with Crippen LogP contribution in [0.25, 0.3) is 21.5 Å². The highest BCUT2D eigenvalue weighted by atomic mass is 14.1. The molecule has 0 atom stereocenters. The molecule has 23 heavy (non-hydrogen) atoms. The van der Waals surface area contributed by atoms with Crippen LogP contribution in [0.4, 0.5) is 0 Å². The summed E-state index contributed by atoms with van der Waals surface area (Å²) in [5.74, 6) is 0. The van der Waals surface area contributed by atoms with Crippen molar-refractivity contribution in [1.29, 1.82) is 0 Å². The number of aryl methyl sites for hydroxylation is 1. The van der Waals surface area contributed by atoms with Gasteiger partial charge in [-0.2, -0.15) is 0 Å². The van der Waals surface area contributed by atoms with Gasteiger partial charge in [0.05, 0.1) is 0 Å². The van der Waals surface area contributed by atoms with E-state index >= 15 is 0 Å². The smallest absolute Gasteiger partial charge is 0.00169 e. The molecule has 0 heteroatoms. The summed E-state index contributed by atoms with van der Waals surface area (Å²) in [6, 6.07) is 26.4. The topological polar surface area (TPSA) is 0 Å². The van der Waals surface area contributed by atoms with E-state index < -0.39 is 0 Å². The predicted octanol–water partition coefficient (Wildman–Crippen LogP) is 6.20. The first-order valence-electron chi connectivity index (χ1n) is 8.18. The molecule has 0 aliphatic rings. The standard InChI is InChI=1S/C23H20/c1-16-12-21-14-19-10-6-7-11-20(19)15-23(21)22(17(16)2)13-18-8-4-3-5-9-18/h3-12,14-15H,13H2,1-2H3. The van der Waals surface area contributed by atoms with Crippen molar-refractivity contribution in [3.05, 3.63) is 95.1 Å². The van der Waals surface area contributed by atoms with E-state index in [1.807, 2.05) is 0 Å². The lowest BCUT2D eigenvalue weighted by Gasteiger charge is -2.15. The second-order valence-electron chi connectivity index (χ2n) is 6.38. The van der Waals surface area contributed by atoms with Gasteiger partial charge in [0.25, 0.3) is 0 Å². The normalized spacial score (nSPS) is 11.2. The van der Waals surface area contributed by atoms with Gasteiger partial charge in [-0.25, -0.2) is 0 Å². The maximum atomic E-state index is 2.36. The largest absolute Gasteiger partial charge is 0.0622 e. The molecule has 112 valence electrons. The zero-order valence-electron chi connectivity index (χ0n) is 13.6. The predicted molar refractivity (Wildman–Crippen MR) is 100 cm³/mol. The van der Waals surface area contributed by atoms with Gasteiger partial charge in [0, 0.05) is 0 Å². The van der Waals surface area contributed by atoms with Crippen LogP contribution in [0.5, 0.6) is 0 Å². The molecule has 0 bridgehead atoms. The molecule has 0 aromatic heterocycles. The summed E-state index contributed by atoms with van der Waals surface area (Å²) in [4.78, 5) is 0. The molecule has 0 N–H and O–H groups in total. The van der Waals surface area contributed by atoms with Crippen molar-refractivity contribution in [1.82, 2.24) is 0 Å². The highest BCUT2D eigenvalue weighted by Crippen LogP contribution is 2.31. The summed E-state index contributed by atoms with van der Waals surface area (Å²) in [7, 11) is 0. The molecule has 4 rings (SSSR count). The average Bonchev–Trinajstić information content (AvgIpc) is 2.58. The van der Waals surface area contributed by atoms with Crippen LogP contribution in [0, 0.1) is 13.8 Å². The third-order valence-corrected chi connectivity index (χ3v) is 4.88. The van der Waals surface area contributed by atoms with Gasteiger partial charge in [0.1, 0.15) is 0 Å². The second-order valence-corrected chi connectivity index (χ2v) is 6.38. The maximum Gasteiger partial charge on any atom is -0.00169 e. The van der Waals surface area contributed by atoms with Gasteiger partial charge >= 0.3 is 0 Å². The van der Waals surface area contributed by atoms with Gasteiger partial charge in [-0.3, -0.25) is 0 Å². The Balaban J connectivity index is 2.00. The minimum absolute atomic E-state index is 0.989. The molecule has 4 aromatic rings. The van der Waals surface area contributed by atoms with Gasteiger partial charge in [-0.15, -0.1) is 0 Å². The van der Waals surface area contributed by atoms with E-state index in [9.17, 15) is 0 Å². The minimum atomic E-state index is 0.989. The lowest BCUT2D eigenvalue weighted by atomic mass is 9.90. The van der Waals surface area contributed by atoms with Crippen molar-refractivity contribution in [3.63, 3.8) is 0 Å². The molecule has 0 spiro atoms. The summed E-state index contributed by atoms with van der Waals surface area (Å²) >= 11 is 0. The van der Waals surface area contributed by atoms with Crippen molar-refractivity contribution in [2.45, 2.75) is 20.3 Å². The van der Waals surface area contributed by atoms with E-state index in [1.165, 1.54) is 43.8 Å². The summed E-state index contributed by atoms with van der Waals surface area (Å²) in [6.45, 7) is 4.47. The second kappa shape index (κ2) is 5.55. The van der Waals surface area contributed by atoms with Crippen LogP contribution < -0.4 is 0 Å². The fourth-order valence-electron chi connectivity index (χ4n) is 3.45. The SMILES string of the molecule is Cc1cc2cc3ccccc3cc2c(Cc2ccccc2)c1C. The first-order valence-corrected chi connectivity index (χ1v) is 8.18. The number of fused-ring (bicyclic) bond motifs is 2. The Bertz CT molecular complexity index is 995. The van der Waals surface area contributed by atoms with Crippen molar-refractivity contribution in [2.24, 2.45) is 0 Å². The third kappa shape index (κ3) is 2.51. The summed E-state index contributed by atoms with van der Waals surface area (Å²) in [6.07, 6.45) is 0.989. The average molecular weight is 296 g/mol. The highest BCUT2D eigenvalue weighted by Gasteiger charge is 2.10. The molecule has 0 saturated heterocycles. The Morgan fingerprint density at radius 3 is 2.04 bits per heavy atom. The van der Waals surface area contributed by atoms with Crippen LogP contribution in [0.15, 0.2) is 72.8 Å². The van der Waals surface area contributed by atoms with Crippen LogP contribution in [-0.4, -0.2) is 0 Å². The molecule has 0 aliphatic heterocycles. The lowest BCUT2D eigenvalue weighted by Crippen LogP contribution is -1.96. The molecule has 4 aromatic carbocycles. The minimum Gasteiger partial charge on any atom is -0.0622 e. The number of hydrogen-bond donors (Lipinski definition) is 0. The number of rotatable bonds is 2. The fraction of sp³-hybridized carbons (Fsp3) is 0.130. The van der Waals surface area contributed by atoms with Crippen molar-refractivity contribution in [3.8, 4) is 0 Å². The lowest BCUT2D eigenvalue weighted by molar-refractivity contribution is 1.16. The van der Waals surface area contributed by atoms with E-state index in [0.29, 0.717) is 0 Å². The van der Waals surface area contributed by atoms with Gasteiger partial charge in [0.2, 0.25) is 0 Å². The Labute approximate surface area is 137 Å². The zero-order valence-corrected chi connectivity index (χ0v) is 13.6. The van der Waals surface area contributed by atoms with Crippen molar-refractivity contribution in [2.75, 3.05) is 0 Å². The van der Waals surface area contributed by atoms with Gasteiger partial charge in [-0.1, -0.05) is 60.7 Å². The molecular weight excluding hydrogens is 276 g/mol. The number of benzene rings is 4. The summed E-state index contributed by atoms with van der Waals surface area (Å²) in [5.41, 5.74) is 5.61. The van der Waals surface area contributed by atoms with Crippen LogP contribution in [0.3, 0.4) is 0 Å². The zero-order chi connectivity index (χ0) is 15.8. The Morgan fingerprint density at radius 2 is 1.30 bits per heavy atom. The monoisotopic (exact) mass is 296 g/mol. The van der Waals surface area contributed by atoms with Gasteiger partial charge in [-0.05, 0) is 76.2 Å². The van der Waals surface area contributed by atoms with Crippen LogP contribution in [0.2, 0.25) is 0 Å². The van der Waals surface area contributed by atoms with Crippen LogP contribution in [-0.2, 0) is 6.42 Å². The highest BCUT2D eigenvalue weighted by molar-refractivity contribution is 6.00. The van der Waals surface area contributed by atoms with E-state index in [1.54, 1.807) is 0 Å². The maximum absolute atomic E-state index is 2.36. The van der Waals surface area contributed by atoms with Crippen LogP contribution >= 0.6 is 0 Å². The summed E-state index contributed by atoms with van der Waals surface area (Å²) in [5, 5.41) is 5.36. The Hall–Kier alpha value is -2.60. The van der Waals surface area contributed by atoms with Crippen molar-refractivity contribution < 1.29 is 0 Å². The molecule has 0 heterocycles. The third-order valence-electron chi connectivity index (χ3n) is 4.88. The molecule has 0 unspecified atom stereocenters. The van der Waals surface area contributed by atoms with Crippen LogP contribution in [0.1, 0.15) is 22.3 Å². The van der Waals surface area contributed by atoms with Gasteiger partial charge < -0.3 is 0 Å².